The molecule has 1 aliphatic heterocycles. The van der Waals surface area contributed by atoms with Crippen molar-refractivity contribution in [3.63, 3.8) is 0 Å². The van der Waals surface area contributed by atoms with E-state index in [1.54, 1.807) is 0 Å². The van der Waals surface area contributed by atoms with Crippen molar-refractivity contribution in [3.8, 4) is 0 Å². The lowest BCUT2D eigenvalue weighted by molar-refractivity contribution is 0.0200. The highest BCUT2D eigenvalue weighted by atomic mass is 16.5. The van der Waals surface area contributed by atoms with E-state index in [2.05, 4.69) is 31.4 Å². The highest BCUT2D eigenvalue weighted by molar-refractivity contribution is 4.85. The topological polar surface area (TPSA) is 33.3 Å². The van der Waals surface area contributed by atoms with Crippen LogP contribution < -0.4 is 10.6 Å². The van der Waals surface area contributed by atoms with E-state index < -0.39 is 0 Å². The molecule has 1 fully saturated rings. The van der Waals surface area contributed by atoms with E-state index in [9.17, 15) is 0 Å². The summed E-state index contributed by atoms with van der Waals surface area (Å²) in [5, 5.41) is 6.75. The molecule has 84 valence electrons. The van der Waals surface area contributed by atoms with E-state index in [-0.39, 0.29) is 11.1 Å². The summed E-state index contributed by atoms with van der Waals surface area (Å²) in [6.07, 6.45) is 2.38. The Bertz CT molecular complexity index is 174. The SMILES string of the molecule is CNC(C)(C)CNCC1(C)CCCO1. The van der Waals surface area contributed by atoms with Crippen molar-refractivity contribution >= 4 is 0 Å². The van der Waals surface area contributed by atoms with E-state index in [4.69, 9.17) is 4.74 Å². The van der Waals surface area contributed by atoms with Gasteiger partial charge in [-0.25, -0.2) is 0 Å². The Labute approximate surface area is 87.6 Å². The molecule has 0 aliphatic carbocycles. The number of hydrogen-bond acceptors (Lipinski definition) is 3. The van der Waals surface area contributed by atoms with E-state index in [1.807, 2.05) is 7.05 Å². The Kier molecular flexibility index (Phi) is 3.93. The highest BCUT2D eigenvalue weighted by Gasteiger charge is 2.29. The standard InChI is InChI=1S/C11H24N2O/c1-10(2,12-4)8-13-9-11(3)6-5-7-14-11/h12-13H,5-9H2,1-4H3. The van der Waals surface area contributed by atoms with Gasteiger partial charge in [-0.2, -0.15) is 0 Å². The predicted molar refractivity (Wildman–Crippen MR) is 59.6 cm³/mol. The van der Waals surface area contributed by atoms with Crippen molar-refractivity contribution in [1.82, 2.24) is 10.6 Å². The molecule has 1 atom stereocenters. The second-order valence-corrected chi connectivity index (χ2v) is 5.14. The molecular formula is C11H24N2O. The lowest BCUT2D eigenvalue weighted by atomic mass is 10.0. The van der Waals surface area contributed by atoms with Gasteiger partial charge in [-0.1, -0.05) is 0 Å². The molecule has 14 heavy (non-hydrogen) atoms. The third-order valence-corrected chi connectivity index (χ3v) is 3.04. The van der Waals surface area contributed by atoms with Crippen molar-refractivity contribution < 1.29 is 4.74 Å². The fraction of sp³-hybridized carbons (Fsp3) is 1.00. The molecular weight excluding hydrogens is 176 g/mol. The zero-order chi connectivity index (χ0) is 10.7. The quantitative estimate of drug-likeness (QED) is 0.698. The normalized spacial score (nSPS) is 28.3. The van der Waals surface area contributed by atoms with Crippen LogP contribution in [0, 0.1) is 0 Å². The second-order valence-electron chi connectivity index (χ2n) is 5.14. The Hall–Kier alpha value is -0.120. The van der Waals surface area contributed by atoms with Gasteiger partial charge in [0.1, 0.15) is 0 Å². The van der Waals surface area contributed by atoms with Crippen LogP contribution in [-0.2, 0) is 4.74 Å². The van der Waals surface area contributed by atoms with E-state index in [1.165, 1.54) is 12.8 Å². The Morgan fingerprint density at radius 1 is 1.43 bits per heavy atom. The maximum atomic E-state index is 5.71. The van der Waals surface area contributed by atoms with E-state index in [0.717, 1.165) is 19.7 Å². The van der Waals surface area contributed by atoms with Gasteiger partial charge < -0.3 is 15.4 Å². The highest BCUT2D eigenvalue weighted by Crippen LogP contribution is 2.23. The van der Waals surface area contributed by atoms with Crippen molar-refractivity contribution in [2.75, 3.05) is 26.7 Å². The second kappa shape index (κ2) is 4.60. The third-order valence-electron chi connectivity index (χ3n) is 3.04. The molecule has 0 aromatic carbocycles. The van der Waals surface area contributed by atoms with Gasteiger partial charge in [0.05, 0.1) is 5.60 Å². The van der Waals surface area contributed by atoms with Gasteiger partial charge >= 0.3 is 0 Å². The minimum Gasteiger partial charge on any atom is -0.374 e. The van der Waals surface area contributed by atoms with Crippen LogP contribution in [-0.4, -0.2) is 37.9 Å². The molecule has 3 heteroatoms. The average Bonchev–Trinajstić information content (AvgIpc) is 2.52. The molecule has 1 heterocycles. The first-order chi connectivity index (χ1) is 6.47. The molecule has 2 N–H and O–H groups in total. The molecule has 0 spiro atoms. The van der Waals surface area contributed by atoms with Crippen LogP contribution in [0.2, 0.25) is 0 Å². The predicted octanol–water partition coefficient (Wildman–Crippen LogP) is 1.14. The first-order valence-electron chi connectivity index (χ1n) is 5.51. The number of rotatable bonds is 5. The summed E-state index contributed by atoms with van der Waals surface area (Å²) in [7, 11) is 2.00. The van der Waals surface area contributed by atoms with Gasteiger partial charge in [0.15, 0.2) is 0 Å². The molecule has 0 aromatic heterocycles. The lowest BCUT2D eigenvalue weighted by Gasteiger charge is -2.28. The summed E-state index contributed by atoms with van der Waals surface area (Å²) in [5.74, 6) is 0. The number of likely N-dealkylation sites (N-methyl/N-ethyl adjacent to an activating group) is 1. The maximum absolute atomic E-state index is 5.71. The van der Waals surface area contributed by atoms with Crippen LogP contribution >= 0.6 is 0 Å². The van der Waals surface area contributed by atoms with Crippen LogP contribution in [0.5, 0.6) is 0 Å². The molecule has 1 unspecified atom stereocenters. The summed E-state index contributed by atoms with van der Waals surface area (Å²) in [6, 6.07) is 0. The first kappa shape index (κ1) is 12.0. The van der Waals surface area contributed by atoms with Crippen molar-refractivity contribution in [2.45, 2.75) is 44.8 Å². The monoisotopic (exact) mass is 200 g/mol. The average molecular weight is 200 g/mol. The fourth-order valence-corrected chi connectivity index (χ4v) is 1.70. The van der Waals surface area contributed by atoms with Gasteiger partial charge in [0.2, 0.25) is 0 Å². The molecule has 0 radical (unpaired) electrons. The van der Waals surface area contributed by atoms with E-state index in [0.29, 0.717) is 0 Å². The minimum atomic E-state index is 0.0732. The Morgan fingerprint density at radius 2 is 2.14 bits per heavy atom. The molecule has 1 saturated heterocycles. The van der Waals surface area contributed by atoms with Crippen molar-refractivity contribution in [1.29, 1.82) is 0 Å². The van der Waals surface area contributed by atoms with Crippen molar-refractivity contribution in [3.05, 3.63) is 0 Å². The van der Waals surface area contributed by atoms with Gasteiger partial charge in [-0.3, -0.25) is 0 Å². The van der Waals surface area contributed by atoms with Gasteiger partial charge in [0, 0.05) is 25.2 Å². The van der Waals surface area contributed by atoms with Crippen LogP contribution in [0.3, 0.4) is 0 Å². The largest absolute Gasteiger partial charge is 0.374 e. The summed E-state index contributed by atoms with van der Waals surface area (Å²) in [6.45, 7) is 9.43. The molecule has 0 bridgehead atoms. The molecule has 0 saturated carbocycles. The minimum absolute atomic E-state index is 0.0732. The smallest absolute Gasteiger partial charge is 0.0779 e. The van der Waals surface area contributed by atoms with Gasteiger partial charge in [0.25, 0.3) is 0 Å². The third kappa shape index (κ3) is 3.56. The fourth-order valence-electron chi connectivity index (χ4n) is 1.70. The summed E-state index contributed by atoms with van der Waals surface area (Å²) < 4.78 is 5.71. The van der Waals surface area contributed by atoms with Crippen LogP contribution in [0.1, 0.15) is 33.6 Å². The summed E-state index contributed by atoms with van der Waals surface area (Å²) in [5.41, 5.74) is 0.235. The molecule has 0 amide bonds. The first-order valence-corrected chi connectivity index (χ1v) is 5.51. The van der Waals surface area contributed by atoms with E-state index >= 15 is 0 Å². The van der Waals surface area contributed by atoms with Crippen LogP contribution in [0.4, 0.5) is 0 Å². The molecule has 3 nitrogen and oxygen atoms in total. The molecule has 1 rings (SSSR count). The zero-order valence-electron chi connectivity index (χ0n) is 9.94. The zero-order valence-corrected chi connectivity index (χ0v) is 9.94. The van der Waals surface area contributed by atoms with Gasteiger partial charge in [-0.05, 0) is 40.7 Å². The summed E-state index contributed by atoms with van der Waals surface area (Å²) in [4.78, 5) is 0. The lowest BCUT2D eigenvalue weighted by Crippen LogP contribution is -2.49. The maximum Gasteiger partial charge on any atom is 0.0779 e. The summed E-state index contributed by atoms with van der Waals surface area (Å²) >= 11 is 0. The van der Waals surface area contributed by atoms with Gasteiger partial charge in [-0.15, -0.1) is 0 Å². The van der Waals surface area contributed by atoms with Crippen molar-refractivity contribution in [2.24, 2.45) is 0 Å². The molecule has 0 aromatic rings. The van der Waals surface area contributed by atoms with Crippen LogP contribution in [0.25, 0.3) is 0 Å². The number of ether oxygens (including phenoxy) is 1. The Balaban J connectivity index is 2.20. The van der Waals surface area contributed by atoms with Crippen LogP contribution in [0.15, 0.2) is 0 Å². The number of nitrogens with one attached hydrogen (secondary N) is 2. The molecule has 1 aliphatic rings. The Morgan fingerprint density at radius 3 is 2.64 bits per heavy atom. The number of hydrogen-bond donors (Lipinski definition) is 2.